The number of carbonyl (C=O) groups is 3. The Kier molecular flexibility index (Phi) is 4.85. The van der Waals surface area contributed by atoms with Gasteiger partial charge in [-0.2, -0.15) is 0 Å². The van der Waals surface area contributed by atoms with Crippen molar-refractivity contribution in [3.05, 3.63) is 53.1 Å². The molecule has 7 nitrogen and oxygen atoms in total. The highest BCUT2D eigenvalue weighted by atomic mass is 16.5. The number of benzene rings is 2. The largest absolute Gasteiger partial charge is 0.479 e. The van der Waals surface area contributed by atoms with E-state index in [4.69, 9.17) is 4.74 Å². The summed E-state index contributed by atoms with van der Waals surface area (Å²) in [6.07, 6.45) is -0.762. The third-order valence-corrected chi connectivity index (χ3v) is 4.38. The van der Waals surface area contributed by atoms with Crippen molar-refractivity contribution in [2.45, 2.75) is 26.9 Å². The highest BCUT2D eigenvalue weighted by Gasteiger charge is 2.33. The van der Waals surface area contributed by atoms with E-state index in [0.29, 0.717) is 11.4 Å². The van der Waals surface area contributed by atoms with Gasteiger partial charge in [0.05, 0.1) is 11.3 Å². The molecule has 0 aliphatic carbocycles. The van der Waals surface area contributed by atoms with Gasteiger partial charge in [-0.1, -0.05) is 12.1 Å². The molecule has 0 aromatic heterocycles. The second-order valence-electron chi connectivity index (χ2n) is 6.54. The molecule has 7 heteroatoms. The lowest BCUT2D eigenvalue weighted by molar-refractivity contribution is -0.127. The van der Waals surface area contributed by atoms with Crippen LogP contribution in [0.5, 0.6) is 5.75 Å². The molecule has 1 atom stereocenters. The molecule has 0 saturated carbocycles. The fourth-order valence-corrected chi connectivity index (χ4v) is 2.91. The predicted molar refractivity (Wildman–Crippen MR) is 100 cm³/mol. The van der Waals surface area contributed by atoms with Crippen LogP contribution in [0.3, 0.4) is 0 Å². The molecule has 3 rings (SSSR count). The first-order valence-corrected chi connectivity index (χ1v) is 8.48. The van der Waals surface area contributed by atoms with Crippen LogP contribution in [0.2, 0.25) is 0 Å². The molecule has 0 spiro atoms. The van der Waals surface area contributed by atoms with Gasteiger partial charge in [0.15, 0.2) is 6.10 Å². The van der Waals surface area contributed by atoms with E-state index in [0.717, 1.165) is 11.1 Å². The van der Waals surface area contributed by atoms with E-state index >= 15 is 0 Å². The van der Waals surface area contributed by atoms with Gasteiger partial charge in [-0.05, 0) is 56.2 Å². The monoisotopic (exact) mass is 368 g/mol. The zero-order chi connectivity index (χ0) is 19.7. The third-order valence-electron chi connectivity index (χ3n) is 4.38. The number of hydrogen-bond acceptors (Lipinski definition) is 4. The lowest BCUT2D eigenvalue weighted by atomic mass is 10.1. The fourth-order valence-electron chi connectivity index (χ4n) is 2.91. The van der Waals surface area contributed by atoms with E-state index in [2.05, 4.69) is 5.32 Å². The maximum absolute atomic E-state index is 12.6. The molecule has 2 aromatic rings. The first-order valence-electron chi connectivity index (χ1n) is 8.48. The van der Waals surface area contributed by atoms with Crippen LogP contribution >= 0.6 is 0 Å². The third kappa shape index (κ3) is 3.76. The smallest absolute Gasteiger partial charge is 0.335 e. The van der Waals surface area contributed by atoms with Crippen molar-refractivity contribution >= 4 is 29.2 Å². The van der Waals surface area contributed by atoms with Crippen LogP contribution in [0.4, 0.5) is 11.4 Å². The van der Waals surface area contributed by atoms with Crippen molar-refractivity contribution < 1.29 is 24.2 Å². The Labute approximate surface area is 156 Å². The lowest BCUT2D eigenvalue weighted by Crippen LogP contribution is -2.47. The standard InChI is InChI=1S/C20H20N2O5/c1-11-4-5-12(2)15(8-11)21-18(23)10-22-16-9-14(20(25)26)6-7-17(16)27-13(3)19(22)24/h4-9,13H,10H2,1-3H3,(H,21,23)(H,25,26). The molecule has 27 heavy (non-hydrogen) atoms. The zero-order valence-corrected chi connectivity index (χ0v) is 15.3. The normalized spacial score (nSPS) is 15.7. The molecule has 2 amide bonds. The van der Waals surface area contributed by atoms with Crippen LogP contribution in [-0.2, 0) is 9.59 Å². The minimum absolute atomic E-state index is 0.0136. The van der Waals surface area contributed by atoms with E-state index in [9.17, 15) is 19.5 Å². The molecule has 0 radical (unpaired) electrons. The summed E-state index contributed by atoms with van der Waals surface area (Å²) in [6, 6.07) is 9.94. The van der Waals surface area contributed by atoms with Crippen LogP contribution in [0, 0.1) is 13.8 Å². The highest BCUT2D eigenvalue weighted by Crippen LogP contribution is 2.35. The minimum Gasteiger partial charge on any atom is -0.479 e. The molecule has 1 heterocycles. The zero-order valence-electron chi connectivity index (χ0n) is 15.3. The molecule has 140 valence electrons. The lowest BCUT2D eigenvalue weighted by Gasteiger charge is -2.32. The molecule has 1 aliphatic heterocycles. The Morgan fingerprint density at radius 3 is 2.63 bits per heavy atom. The van der Waals surface area contributed by atoms with E-state index < -0.39 is 18.0 Å². The summed E-state index contributed by atoms with van der Waals surface area (Å²) in [5, 5.41) is 12.0. The Morgan fingerprint density at radius 1 is 1.19 bits per heavy atom. The average Bonchev–Trinajstić information content (AvgIpc) is 2.61. The summed E-state index contributed by atoms with van der Waals surface area (Å²) < 4.78 is 5.53. The van der Waals surface area contributed by atoms with Crippen LogP contribution in [-0.4, -0.2) is 35.5 Å². The SMILES string of the molecule is Cc1ccc(C)c(NC(=O)CN2C(=O)C(C)Oc3ccc(C(=O)O)cc32)c1. The number of fused-ring (bicyclic) bond motifs is 1. The first kappa shape index (κ1) is 18.4. The van der Waals surface area contributed by atoms with Gasteiger partial charge in [-0.25, -0.2) is 4.79 Å². The van der Waals surface area contributed by atoms with E-state index in [-0.39, 0.29) is 23.7 Å². The number of rotatable bonds is 4. The number of nitrogens with zero attached hydrogens (tertiary/aromatic N) is 1. The minimum atomic E-state index is -1.12. The molecule has 1 unspecified atom stereocenters. The van der Waals surface area contributed by atoms with E-state index in [1.54, 1.807) is 6.92 Å². The number of anilines is 2. The van der Waals surface area contributed by atoms with Gasteiger partial charge >= 0.3 is 5.97 Å². The highest BCUT2D eigenvalue weighted by molar-refractivity contribution is 6.07. The Morgan fingerprint density at radius 2 is 1.93 bits per heavy atom. The van der Waals surface area contributed by atoms with Crippen LogP contribution in [0.25, 0.3) is 0 Å². The van der Waals surface area contributed by atoms with Crippen LogP contribution < -0.4 is 15.0 Å². The molecule has 1 aliphatic rings. The maximum Gasteiger partial charge on any atom is 0.335 e. The summed E-state index contributed by atoms with van der Waals surface area (Å²) >= 11 is 0. The summed E-state index contributed by atoms with van der Waals surface area (Å²) in [7, 11) is 0. The van der Waals surface area contributed by atoms with E-state index in [1.807, 2.05) is 32.0 Å². The Balaban J connectivity index is 1.88. The molecular weight excluding hydrogens is 348 g/mol. The second-order valence-corrected chi connectivity index (χ2v) is 6.54. The number of hydrogen-bond donors (Lipinski definition) is 2. The number of carbonyl (C=O) groups excluding carboxylic acids is 2. The summed E-state index contributed by atoms with van der Waals surface area (Å²) in [4.78, 5) is 37.6. The average molecular weight is 368 g/mol. The molecule has 2 N–H and O–H groups in total. The topological polar surface area (TPSA) is 95.9 Å². The number of aryl methyl sites for hydroxylation is 2. The van der Waals surface area contributed by atoms with Gasteiger partial charge in [0.2, 0.25) is 5.91 Å². The Bertz CT molecular complexity index is 938. The van der Waals surface area contributed by atoms with Gasteiger partial charge < -0.3 is 15.2 Å². The molecular formula is C20H20N2O5. The van der Waals surface area contributed by atoms with Gasteiger partial charge in [-0.3, -0.25) is 14.5 Å². The number of amides is 2. The summed E-state index contributed by atoms with van der Waals surface area (Å²) in [5.74, 6) is -1.53. The second kappa shape index (κ2) is 7.11. The van der Waals surface area contributed by atoms with Crippen LogP contribution in [0.1, 0.15) is 28.4 Å². The van der Waals surface area contributed by atoms with Crippen molar-refractivity contribution in [2.24, 2.45) is 0 Å². The van der Waals surface area contributed by atoms with Gasteiger partial charge in [0.25, 0.3) is 5.91 Å². The first-order chi connectivity index (χ1) is 12.8. The van der Waals surface area contributed by atoms with Crippen molar-refractivity contribution in [3.8, 4) is 5.75 Å². The maximum atomic E-state index is 12.6. The van der Waals surface area contributed by atoms with Crippen molar-refractivity contribution in [1.82, 2.24) is 0 Å². The molecule has 2 aromatic carbocycles. The number of carboxylic acid groups (broad SMARTS) is 1. The fraction of sp³-hybridized carbons (Fsp3) is 0.250. The molecule has 0 fully saturated rings. The number of nitrogens with one attached hydrogen (secondary N) is 1. The van der Waals surface area contributed by atoms with Gasteiger partial charge in [0, 0.05) is 5.69 Å². The number of ether oxygens (including phenoxy) is 1. The summed E-state index contributed by atoms with van der Waals surface area (Å²) in [6.45, 7) is 5.15. The number of aromatic carboxylic acids is 1. The van der Waals surface area contributed by atoms with Gasteiger partial charge in [0.1, 0.15) is 12.3 Å². The molecule has 0 saturated heterocycles. The van der Waals surface area contributed by atoms with Crippen molar-refractivity contribution in [2.75, 3.05) is 16.8 Å². The quantitative estimate of drug-likeness (QED) is 0.865. The summed E-state index contributed by atoms with van der Waals surface area (Å²) in [5.41, 5.74) is 2.87. The molecule has 0 bridgehead atoms. The van der Waals surface area contributed by atoms with E-state index in [1.165, 1.54) is 23.1 Å². The number of carboxylic acids is 1. The van der Waals surface area contributed by atoms with Crippen LogP contribution in [0.15, 0.2) is 36.4 Å². The van der Waals surface area contributed by atoms with Crippen molar-refractivity contribution in [3.63, 3.8) is 0 Å². The predicted octanol–water partition coefficient (Wildman–Crippen LogP) is 2.75. The van der Waals surface area contributed by atoms with Gasteiger partial charge in [-0.15, -0.1) is 0 Å². The van der Waals surface area contributed by atoms with Crippen molar-refractivity contribution in [1.29, 1.82) is 0 Å². The Hall–Kier alpha value is -3.35.